The molecule has 1 aromatic rings. The van der Waals surface area contributed by atoms with Crippen molar-refractivity contribution >= 4 is 21.8 Å². The lowest BCUT2D eigenvalue weighted by atomic mass is 10.1. The normalized spacial score (nSPS) is 12.2. The van der Waals surface area contributed by atoms with Crippen molar-refractivity contribution < 1.29 is 4.79 Å². The summed E-state index contributed by atoms with van der Waals surface area (Å²) in [5.41, 5.74) is 2.48. The molecule has 1 aromatic carbocycles. The average molecular weight is 312 g/mol. The molecular formula is C15H22BrNO. The van der Waals surface area contributed by atoms with Crippen LogP contribution in [0.1, 0.15) is 37.3 Å². The Bertz CT molecular complexity index is 379. The minimum atomic E-state index is 0.151. The fourth-order valence-corrected chi connectivity index (χ4v) is 2.25. The van der Waals surface area contributed by atoms with Gasteiger partial charge in [0.1, 0.15) is 0 Å². The third-order valence-electron chi connectivity index (χ3n) is 2.90. The van der Waals surface area contributed by atoms with Gasteiger partial charge in [-0.25, -0.2) is 0 Å². The number of carbonyl (C=O) groups is 1. The summed E-state index contributed by atoms with van der Waals surface area (Å²) in [4.78, 5) is 11.8. The summed E-state index contributed by atoms with van der Waals surface area (Å²) in [7, 11) is 0. The van der Waals surface area contributed by atoms with Crippen LogP contribution in [0, 0.1) is 6.92 Å². The van der Waals surface area contributed by atoms with Crippen LogP contribution in [-0.2, 0) is 11.2 Å². The molecule has 0 bridgehead atoms. The van der Waals surface area contributed by atoms with Crippen molar-refractivity contribution in [2.24, 2.45) is 0 Å². The van der Waals surface area contributed by atoms with Gasteiger partial charge >= 0.3 is 0 Å². The van der Waals surface area contributed by atoms with E-state index in [1.165, 1.54) is 11.1 Å². The lowest BCUT2D eigenvalue weighted by molar-refractivity contribution is -0.121. The van der Waals surface area contributed by atoms with Crippen molar-refractivity contribution in [1.82, 2.24) is 5.32 Å². The van der Waals surface area contributed by atoms with Crippen LogP contribution in [0.25, 0.3) is 0 Å². The van der Waals surface area contributed by atoms with Crippen molar-refractivity contribution in [1.29, 1.82) is 0 Å². The minimum absolute atomic E-state index is 0.151. The first-order chi connectivity index (χ1) is 8.61. The number of rotatable bonds is 7. The van der Waals surface area contributed by atoms with Gasteiger partial charge in [-0.3, -0.25) is 4.79 Å². The predicted molar refractivity (Wildman–Crippen MR) is 80.1 cm³/mol. The Labute approximate surface area is 118 Å². The highest BCUT2D eigenvalue weighted by molar-refractivity contribution is 9.09. The van der Waals surface area contributed by atoms with E-state index in [-0.39, 0.29) is 11.9 Å². The lowest BCUT2D eigenvalue weighted by Gasteiger charge is -2.13. The Kier molecular flexibility index (Phi) is 7.02. The second-order valence-corrected chi connectivity index (χ2v) is 5.58. The maximum absolute atomic E-state index is 11.8. The molecule has 1 unspecified atom stereocenters. The van der Waals surface area contributed by atoms with Crippen LogP contribution in [-0.4, -0.2) is 17.3 Å². The highest BCUT2D eigenvalue weighted by atomic mass is 79.9. The second-order valence-electron chi connectivity index (χ2n) is 4.79. The number of hydrogen-bond donors (Lipinski definition) is 1. The van der Waals surface area contributed by atoms with Gasteiger partial charge in [0.2, 0.25) is 5.91 Å². The maximum Gasteiger partial charge on any atom is 0.220 e. The number of aryl methyl sites for hydroxylation is 2. The van der Waals surface area contributed by atoms with E-state index in [0.29, 0.717) is 6.42 Å². The number of amides is 1. The molecule has 1 rings (SSSR count). The highest BCUT2D eigenvalue weighted by Gasteiger charge is 2.07. The molecule has 0 fully saturated rings. The summed E-state index contributed by atoms with van der Waals surface area (Å²) in [6, 6.07) is 8.61. The molecule has 1 N–H and O–H groups in total. The van der Waals surface area contributed by atoms with E-state index in [1.54, 1.807) is 0 Å². The second kappa shape index (κ2) is 8.30. The van der Waals surface area contributed by atoms with E-state index in [9.17, 15) is 4.79 Å². The average Bonchev–Trinajstić information content (AvgIpc) is 2.34. The third-order valence-corrected chi connectivity index (χ3v) is 3.46. The van der Waals surface area contributed by atoms with Crippen molar-refractivity contribution in [2.45, 2.75) is 45.6 Å². The van der Waals surface area contributed by atoms with Gasteiger partial charge in [0, 0.05) is 17.8 Å². The molecule has 0 heterocycles. The van der Waals surface area contributed by atoms with Crippen LogP contribution >= 0.6 is 15.9 Å². The van der Waals surface area contributed by atoms with E-state index in [2.05, 4.69) is 53.3 Å². The molecule has 0 aliphatic heterocycles. The third kappa shape index (κ3) is 6.20. The van der Waals surface area contributed by atoms with Gasteiger partial charge in [-0.05, 0) is 38.7 Å². The number of benzene rings is 1. The summed E-state index contributed by atoms with van der Waals surface area (Å²) < 4.78 is 0. The molecule has 2 nitrogen and oxygen atoms in total. The zero-order chi connectivity index (χ0) is 13.4. The maximum atomic E-state index is 11.8. The number of alkyl halides is 1. The van der Waals surface area contributed by atoms with Crippen LogP contribution in [0.2, 0.25) is 0 Å². The predicted octanol–water partition coefficient (Wildman–Crippen LogP) is 3.61. The Morgan fingerprint density at radius 2 is 2.22 bits per heavy atom. The first kappa shape index (κ1) is 15.2. The van der Waals surface area contributed by atoms with Crippen LogP contribution in [0.3, 0.4) is 0 Å². The minimum Gasteiger partial charge on any atom is -0.354 e. The number of carbonyl (C=O) groups excluding carboxylic acids is 1. The Morgan fingerprint density at radius 1 is 1.44 bits per heavy atom. The summed E-state index contributed by atoms with van der Waals surface area (Å²) in [6.07, 6.45) is 3.52. The summed E-state index contributed by atoms with van der Waals surface area (Å²) in [5, 5.41) is 4.04. The van der Waals surface area contributed by atoms with Crippen molar-refractivity contribution in [3.05, 3.63) is 35.4 Å². The fraction of sp³-hybridized carbons (Fsp3) is 0.533. The topological polar surface area (TPSA) is 29.1 Å². The molecule has 18 heavy (non-hydrogen) atoms. The largest absolute Gasteiger partial charge is 0.354 e. The molecular weight excluding hydrogens is 290 g/mol. The van der Waals surface area contributed by atoms with Crippen molar-refractivity contribution in [2.75, 3.05) is 5.33 Å². The van der Waals surface area contributed by atoms with Crippen LogP contribution in [0.5, 0.6) is 0 Å². The van der Waals surface area contributed by atoms with E-state index in [0.717, 1.165) is 24.6 Å². The quantitative estimate of drug-likeness (QED) is 0.766. The summed E-state index contributed by atoms with van der Waals surface area (Å²) in [6.45, 7) is 4.14. The Morgan fingerprint density at radius 3 is 2.89 bits per heavy atom. The zero-order valence-corrected chi connectivity index (χ0v) is 12.8. The molecule has 1 atom stereocenters. The van der Waals surface area contributed by atoms with Crippen LogP contribution < -0.4 is 5.32 Å². The van der Waals surface area contributed by atoms with Gasteiger partial charge < -0.3 is 5.32 Å². The summed E-state index contributed by atoms with van der Waals surface area (Å²) >= 11 is 3.40. The van der Waals surface area contributed by atoms with E-state index in [4.69, 9.17) is 0 Å². The van der Waals surface area contributed by atoms with E-state index < -0.39 is 0 Å². The van der Waals surface area contributed by atoms with E-state index >= 15 is 0 Å². The van der Waals surface area contributed by atoms with E-state index in [1.807, 2.05) is 6.07 Å². The van der Waals surface area contributed by atoms with Crippen LogP contribution in [0.4, 0.5) is 0 Å². The monoisotopic (exact) mass is 311 g/mol. The van der Waals surface area contributed by atoms with Gasteiger partial charge in [-0.15, -0.1) is 0 Å². The lowest BCUT2D eigenvalue weighted by Crippen LogP contribution is -2.32. The molecule has 1 amide bonds. The Hall–Kier alpha value is -0.830. The number of hydrogen-bond acceptors (Lipinski definition) is 1. The smallest absolute Gasteiger partial charge is 0.220 e. The van der Waals surface area contributed by atoms with Gasteiger partial charge in [-0.2, -0.15) is 0 Å². The SMILES string of the molecule is Cc1cccc(CCC(=O)NC(C)CCCBr)c1. The molecule has 0 aliphatic rings. The molecule has 0 saturated heterocycles. The van der Waals surface area contributed by atoms with Gasteiger partial charge in [0.25, 0.3) is 0 Å². The highest BCUT2D eigenvalue weighted by Crippen LogP contribution is 2.07. The first-order valence-corrected chi connectivity index (χ1v) is 7.65. The number of nitrogens with one attached hydrogen (secondary N) is 1. The molecule has 100 valence electrons. The van der Waals surface area contributed by atoms with Crippen molar-refractivity contribution in [3.63, 3.8) is 0 Å². The molecule has 0 aromatic heterocycles. The number of halogens is 1. The fourth-order valence-electron chi connectivity index (χ4n) is 1.93. The first-order valence-electron chi connectivity index (χ1n) is 6.52. The zero-order valence-electron chi connectivity index (χ0n) is 11.2. The van der Waals surface area contributed by atoms with Crippen LogP contribution in [0.15, 0.2) is 24.3 Å². The van der Waals surface area contributed by atoms with Gasteiger partial charge in [-0.1, -0.05) is 45.8 Å². The molecule has 0 aliphatic carbocycles. The van der Waals surface area contributed by atoms with Gasteiger partial charge in [0.05, 0.1) is 0 Å². The Balaban J connectivity index is 2.28. The van der Waals surface area contributed by atoms with Gasteiger partial charge in [0.15, 0.2) is 0 Å². The molecule has 3 heteroatoms. The summed E-state index contributed by atoms with van der Waals surface area (Å²) in [5.74, 6) is 0.151. The molecule has 0 saturated carbocycles. The van der Waals surface area contributed by atoms with Crippen molar-refractivity contribution in [3.8, 4) is 0 Å². The standard InChI is InChI=1S/C15H22BrNO/c1-12-5-3-7-14(11-12)8-9-15(18)17-13(2)6-4-10-16/h3,5,7,11,13H,4,6,8-10H2,1-2H3,(H,17,18). The molecule has 0 radical (unpaired) electrons. The molecule has 0 spiro atoms.